The quantitative estimate of drug-likeness (QED) is 0.844. The number of benzene rings is 1. The summed E-state index contributed by atoms with van der Waals surface area (Å²) in [6.07, 6.45) is 3.08. The Morgan fingerprint density at radius 1 is 1.41 bits per heavy atom. The maximum Gasteiger partial charge on any atom is 0.127 e. The van der Waals surface area contributed by atoms with Gasteiger partial charge in [0.05, 0.1) is 0 Å². The Morgan fingerprint density at radius 3 is 2.65 bits per heavy atom. The van der Waals surface area contributed by atoms with Crippen molar-refractivity contribution in [1.29, 1.82) is 0 Å². The van der Waals surface area contributed by atoms with Gasteiger partial charge in [-0.3, -0.25) is 0 Å². The molecule has 1 aliphatic rings. The van der Waals surface area contributed by atoms with Crippen LogP contribution in [0.2, 0.25) is 5.02 Å². The van der Waals surface area contributed by atoms with Gasteiger partial charge >= 0.3 is 0 Å². The van der Waals surface area contributed by atoms with E-state index in [4.69, 9.17) is 11.6 Å². The van der Waals surface area contributed by atoms with E-state index in [2.05, 4.69) is 19.2 Å². The van der Waals surface area contributed by atoms with Gasteiger partial charge in [-0.05, 0) is 36.8 Å². The first-order valence-corrected chi connectivity index (χ1v) is 6.56. The van der Waals surface area contributed by atoms with Crippen LogP contribution in [-0.2, 0) is 6.42 Å². The van der Waals surface area contributed by atoms with E-state index >= 15 is 0 Å². The first-order chi connectivity index (χ1) is 8.02. The number of hydrogen-bond donors (Lipinski definition) is 1. The summed E-state index contributed by atoms with van der Waals surface area (Å²) in [5.74, 6) is -0.173. The Hall–Kier alpha value is -0.600. The van der Waals surface area contributed by atoms with Crippen molar-refractivity contribution in [2.45, 2.75) is 39.2 Å². The molecule has 1 saturated carbocycles. The van der Waals surface area contributed by atoms with Crippen LogP contribution in [0.3, 0.4) is 0 Å². The van der Waals surface area contributed by atoms with Crippen LogP contribution in [0.1, 0.15) is 32.3 Å². The zero-order chi connectivity index (χ0) is 12.5. The van der Waals surface area contributed by atoms with Crippen molar-refractivity contribution in [2.75, 3.05) is 6.54 Å². The van der Waals surface area contributed by atoms with E-state index in [1.54, 1.807) is 12.1 Å². The molecule has 1 nitrogen and oxygen atoms in total. The average Bonchev–Trinajstić information content (AvgIpc) is 3.02. The molecule has 0 unspecified atom stereocenters. The van der Waals surface area contributed by atoms with Gasteiger partial charge in [-0.2, -0.15) is 0 Å². The normalized spacial score (nSPS) is 17.5. The predicted molar refractivity (Wildman–Crippen MR) is 69.9 cm³/mol. The lowest BCUT2D eigenvalue weighted by atomic mass is 9.95. The standard InChI is InChI=1S/C14H19ClFN/c1-10(2)17-9-14(6-7-14)8-11-12(15)4-3-5-13(11)16/h3-5,10,17H,6-9H2,1-2H3. The fourth-order valence-electron chi connectivity index (χ4n) is 2.09. The molecule has 1 aromatic carbocycles. The van der Waals surface area contributed by atoms with E-state index < -0.39 is 0 Å². The van der Waals surface area contributed by atoms with Crippen LogP contribution in [0, 0.1) is 11.2 Å². The molecule has 0 bridgehead atoms. The Labute approximate surface area is 107 Å². The lowest BCUT2D eigenvalue weighted by molar-refractivity contribution is 0.423. The summed E-state index contributed by atoms with van der Waals surface area (Å²) in [5, 5.41) is 4.00. The van der Waals surface area contributed by atoms with Crippen LogP contribution in [0.5, 0.6) is 0 Å². The minimum atomic E-state index is -0.173. The lowest BCUT2D eigenvalue weighted by Gasteiger charge is -2.19. The van der Waals surface area contributed by atoms with Crippen molar-refractivity contribution in [3.63, 3.8) is 0 Å². The van der Waals surface area contributed by atoms with Crippen LogP contribution in [-0.4, -0.2) is 12.6 Å². The third-order valence-electron chi connectivity index (χ3n) is 3.46. The lowest BCUT2D eigenvalue weighted by Crippen LogP contribution is -2.31. The molecule has 94 valence electrons. The number of halogens is 2. The van der Waals surface area contributed by atoms with Crippen molar-refractivity contribution in [3.05, 3.63) is 34.6 Å². The van der Waals surface area contributed by atoms with Gasteiger partial charge in [-0.25, -0.2) is 4.39 Å². The second-order valence-corrected chi connectivity index (χ2v) is 5.82. The molecule has 1 N–H and O–H groups in total. The van der Waals surface area contributed by atoms with E-state index in [0.29, 0.717) is 16.6 Å². The minimum Gasteiger partial charge on any atom is -0.314 e. The van der Waals surface area contributed by atoms with Gasteiger partial charge in [0.1, 0.15) is 5.82 Å². The molecule has 0 spiro atoms. The van der Waals surface area contributed by atoms with E-state index in [1.165, 1.54) is 6.07 Å². The van der Waals surface area contributed by atoms with Crippen molar-refractivity contribution in [1.82, 2.24) is 5.32 Å². The highest BCUT2D eigenvalue weighted by Crippen LogP contribution is 2.49. The summed E-state index contributed by atoms with van der Waals surface area (Å²) in [7, 11) is 0. The highest BCUT2D eigenvalue weighted by atomic mass is 35.5. The number of rotatable bonds is 5. The maximum atomic E-state index is 13.7. The summed E-state index contributed by atoms with van der Waals surface area (Å²) in [4.78, 5) is 0. The highest BCUT2D eigenvalue weighted by Gasteiger charge is 2.43. The highest BCUT2D eigenvalue weighted by molar-refractivity contribution is 6.31. The summed E-state index contributed by atoms with van der Waals surface area (Å²) in [5.41, 5.74) is 0.910. The molecule has 0 aliphatic heterocycles. The first kappa shape index (κ1) is 12.8. The monoisotopic (exact) mass is 255 g/mol. The number of hydrogen-bond acceptors (Lipinski definition) is 1. The van der Waals surface area contributed by atoms with Crippen LogP contribution in [0.15, 0.2) is 18.2 Å². The Morgan fingerprint density at radius 2 is 2.12 bits per heavy atom. The van der Waals surface area contributed by atoms with Gasteiger partial charge in [0.25, 0.3) is 0 Å². The molecule has 17 heavy (non-hydrogen) atoms. The van der Waals surface area contributed by atoms with Crippen LogP contribution in [0.4, 0.5) is 4.39 Å². The van der Waals surface area contributed by atoms with Gasteiger partial charge in [0.2, 0.25) is 0 Å². The Balaban J connectivity index is 2.05. The Kier molecular flexibility index (Phi) is 3.74. The van der Waals surface area contributed by atoms with Gasteiger partial charge < -0.3 is 5.32 Å². The molecule has 2 rings (SSSR count). The molecule has 0 aromatic heterocycles. The fraction of sp³-hybridized carbons (Fsp3) is 0.571. The van der Waals surface area contributed by atoms with Crippen molar-refractivity contribution in [2.24, 2.45) is 5.41 Å². The largest absolute Gasteiger partial charge is 0.314 e. The van der Waals surface area contributed by atoms with E-state index in [9.17, 15) is 4.39 Å². The topological polar surface area (TPSA) is 12.0 Å². The molecule has 1 aromatic rings. The van der Waals surface area contributed by atoms with Crippen LogP contribution in [0.25, 0.3) is 0 Å². The minimum absolute atomic E-state index is 0.173. The van der Waals surface area contributed by atoms with Crippen molar-refractivity contribution in [3.8, 4) is 0 Å². The Bertz CT molecular complexity index is 379. The summed E-state index contributed by atoms with van der Waals surface area (Å²) >= 11 is 6.07. The van der Waals surface area contributed by atoms with Crippen LogP contribution >= 0.6 is 11.6 Å². The second-order valence-electron chi connectivity index (χ2n) is 5.41. The predicted octanol–water partition coefficient (Wildman–Crippen LogP) is 3.80. The zero-order valence-corrected chi connectivity index (χ0v) is 11.1. The summed E-state index contributed by atoms with van der Waals surface area (Å²) in [6, 6.07) is 5.40. The summed E-state index contributed by atoms with van der Waals surface area (Å²) < 4.78 is 13.7. The molecule has 0 radical (unpaired) electrons. The molecule has 1 fully saturated rings. The zero-order valence-electron chi connectivity index (χ0n) is 10.4. The molecule has 3 heteroatoms. The van der Waals surface area contributed by atoms with Gasteiger partial charge in [0, 0.05) is 23.2 Å². The van der Waals surface area contributed by atoms with Gasteiger partial charge in [-0.1, -0.05) is 31.5 Å². The average molecular weight is 256 g/mol. The third kappa shape index (κ3) is 3.20. The summed E-state index contributed by atoms with van der Waals surface area (Å²) in [6.45, 7) is 5.22. The smallest absolute Gasteiger partial charge is 0.127 e. The van der Waals surface area contributed by atoms with E-state index in [1.807, 2.05) is 0 Å². The van der Waals surface area contributed by atoms with Crippen molar-refractivity contribution < 1.29 is 4.39 Å². The molecular weight excluding hydrogens is 237 g/mol. The maximum absolute atomic E-state index is 13.7. The first-order valence-electron chi connectivity index (χ1n) is 6.19. The van der Waals surface area contributed by atoms with E-state index in [0.717, 1.165) is 25.8 Å². The number of nitrogens with one attached hydrogen (secondary N) is 1. The molecule has 0 saturated heterocycles. The molecule has 0 atom stereocenters. The molecular formula is C14H19ClFN. The van der Waals surface area contributed by atoms with Gasteiger partial charge in [-0.15, -0.1) is 0 Å². The van der Waals surface area contributed by atoms with E-state index in [-0.39, 0.29) is 11.2 Å². The van der Waals surface area contributed by atoms with Crippen molar-refractivity contribution >= 4 is 11.6 Å². The second kappa shape index (κ2) is 4.95. The molecule has 0 heterocycles. The SMILES string of the molecule is CC(C)NCC1(Cc2c(F)cccc2Cl)CC1. The van der Waals surface area contributed by atoms with Crippen LogP contribution < -0.4 is 5.32 Å². The van der Waals surface area contributed by atoms with Gasteiger partial charge in [0.15, 0.2) is 0 Å². The molecule has 1 aliphatic carbocycles. The fourth-order valence-corrected chi connectivity index (χ4v) is 2.32. The third-order valence-corrected chi connectivity index (χ3v) is 3.81. The molecule has 0 amide bonds.